The molecule has 0 rings (SSSR count). The van der Waals surface area contributed by atoms with E-state index in [9.17, 15) is 38.4 Å². The largest absolute Gasteiger partial charge is 0.478 e. The molecule has 0 aliphatic heterocycles. The van der Waals surface area contributed by atoms with Gasteiger partial charge in [0.1, 0.15) is 5.60 Å². The highest BCUT2D eigenvalue weighted by Crippen LogP contribution is 2.06. The SMILES string of the molecule is CC(=O)/C=C/C(=O)NCCN.CC(=O)/C=C/C(=O)O.CC(C)(C)OC(=O)NCCN.CC/C=C\C/C=C\C/C=C\C/C=C\C/C=C\C/C=C\CCC(=O)NCCNC(=O)/C=C/C(C)=O. The number of carboxylic acid groups (broad SMARTS) is 1. The first-order chi connectivity index (χ1) is 30.3. The zero-order chi connectivity index (χ0) is 49.3. The van der Waals surface area contributed by atoms with Crippen LogP contribution in [-0.4, -0.2) is 97.1 Å². The number of nitrogens with one attached hydrogen (secondary N) is 4. The Morgan fingerprint density at radius 1 is 0.500 bits per heavy atom. The molecule has 0 atom stereocenters. The molecule has 0 fully saturated rings. The number of rotatable bonds is 27. The van der Waals surface area contributed by atoms with Crippen molar-refractivity contribution < 1.29 is 48.2 Å². The Hall–Kier alpha value is -6.26. The summed E-state index contributed by atoms with van der Waals surface area (Å²) in [5.41, 5.74) is 9.87. The zero-order valence-electron chi connectivity index (χ0n) is 39.1. The number of ether oxygens (including phenoxy) is 1. The minimum absolute atomic E-state index is 0.0481. The van der Waals surface area contributed by atoms with Gasteiger partial charge in [-0.15, -0.1) is 0 Å². The molecule has 4 amide bonds. The van der Waals surface area contributed by atoms with Crippen molar-refractivity contribution in [3.8, 4) is 0 Å². The molecule has 0 aromatic rings. The molecule has 0 aromatic heterocycles. The smallest absolute Gasteiger partial charge is 0.407 e. The van der Waals surface area contributed by atoms with Gasteiger partial charge in [-0.25, -0.2) is 9.59 Å². The Kier molecular flexibility index (Phi) is 48.1. The first-order valence-corrected chi connectivity index (χ1v) is 21.2. The van der Waals surface area contributed by atoms with E-state index in [4.69, 9.17) is 21.3 Å². The lowest BCUT2D eigenvalue weighted by Gasteiger charge is -2.19. The Morgan fingerprint density at radius 2 is 0.859 bits per heavy atom. The molecule has 16 nitrogen and oxygen atoms in total. The Balaban J connectivity index is -0.000000481. The second-order valence-electron chi connectivity index (χ2n) is 14.1. The number of allylic oxidation sites excluding steroid dienone is 15. The van der Waals surface area contributed by atoms with Gasteiger partial charge < -0.3 is 42.6 Å². The van der Waals surface area contributed by atoms with Crippen molar-refractivity contribution >= 4 is 47.1 Å². The van der Waals surface area contributed by atoms with E-state index >= 15 is 0 Å². The van der Waals surface area contributed by atoms with Gasteiger partial charge in [-0.1, -0.05) is 79.8 Å². The summed E-state index contributed by atoms with van der Waals surface area (Å²) in [6, 6.07) is 0. The van der Waals surface area contributed by atoms with Crippen molar-refractivity contribution in [2.75, 3.05) is 39.3 Å². The lowest BCUT2D eigenvalue weighted by Crippen LogP contribution is -2.35. The monoisotopic (exact) mass is 897 g/mol. The number of carbonyl (C=O) groups is 8. The van der Waals surface area contributed by atoms with Gasteiger partial charge in [-0.3, -0.25) is 28.8 Å². The van der Waals surface area contributed by atoms with E-state index in [-0.39, 0.29) is 35.1 Å². The van der Waals surface area contributed by atoms with Gasteiger partial charge in [0.05, 0.1) is 0 Å². The molecule has 358 valence electrons. The van der Waals surface area contributed by atoms with Crippen LogP contribution in [0.15, 0.2) is 109 Å². The molecule has 0 saturated carbocycles. The average Bonchev–Trinajstić information content (AvgIpc) is 3.22. The molecule has 0 aliphatic rings. The standard InChI is InChI=1S/C29H42N2O3.C7H16N2O2.C7H12N2O2.C5H6O3/c1-3-4-5-6-7-8-9-10-11-12-13-14-15-16-17-18-19-20-21-22-28(33)30-25-26-31-29(34)24-23-27(2)32;1-7(2,3)11-6(10)9-5-4-8;1-6(10)2-3-7(11)9-5-4-8;1-4(6)2-3-5(7)8/h4-5,7-8,10-11,13-14,16-17,19-20,23-24H,3,6,9,12,15,18,21-22,25-26H2,1-2H3,(H,30,33)(H,31,34);4-5,8H2,1-3H3,(H,9,10);2-3H,4-5,8H2,1H3,(H,9,11);2-3H,1H3,(H,7,8)/b5-4-,8-7-,11-10-,14-13-,17-16-,20-19-,24-23+;;2*3-2+. The molecule has 0 bridgehead atoms. The van der Waals surface area contributed by atoms with Crippen LogP contribution in [0.4, 0.5) is 4.79 Å². The number of carbonyl (C=O) groups excluding carboxylic acids is 7. The molecule has 0 spiro atoms. The van der Waals surface area contributed by atoms with E-state index in [2.05, 4.69) is 95.0 Å². The second-order valence-corrected chi connectivity index (χ2v) is 14.1. The third-order valence-corrected chi connectivity index (χ3v) is 6.54. The van der Waals surface area contributed by atoms with Crippen LogP contribution in [-0.2, 0) is 38.3 Å². The lowest BCUT2D eigenvalue weighted by molar-refractivity contribution is -0.131. The lowest BCUT2D eigenvalue weighted by atomic mass is 10.2. The molecule has 0 aliphatic carbocycles. The number of carboxylic acids is 1. The van der Waals surface area contributed by atoms with Crippen molar-refractivity contribution in [2.24, 2.45) is 11.5 Å². The first-order valence-electron chi connectivity index (χ1n) is 21.2. The van der Waals surface area contributed by atoms with Crippen molar-refractivity contribution in [1.29, 1.82) is 0 Å². The summed E-state index contributed by atoms with van der Waals surface area (Å²) < 4.78 is 4.93. The molecule has 9 N–H and O–H groups in total. The third-order valence-electron chi connectivity index (χ3n) is 6.54. The van der Waals surface area contributed by atoms with Gasteiger partial charge in [0.15, 0.2) is 17.3 Å². The van der Waals surface area contributed by atoms with Gasteiger partial charge in [0, 0.05) is 63.9 Å². The highest BCUT2D eigenvalue weighted by Gasteiger charge is 2.15. The molecular formula is C48H76N6O10. The maximum Gasteiger partial charge on any atom is 0.407 e. The van der Waals surface area contributed by atoms with E-state index in [1.165, 1.54) is 45.1 Å². The van der Waals surface area contributed by atoms with Crippen molar-refractivity contribution in [1.82, 2.24) is 21.3 Å². The fraction of sp³-hybridized carbons (Fsp3) is 0.458. The number of alkyl carbamates (subject to hydrolysis) is 1. The van der Waals surface area contributed by atoms with Gasteiger partial charge in [-0.05, 0) is 105 Å². The molecule has 0 unspecified atom stereocenters. The molecular weight excluding hydrogens is 821 g/mol. The molecule has 0 radical (unpaired) electrons. The van der Waals surface area contributed by atoms with Crippen LogP contribution in [0.25, 0.3) is 0 Å². The summed E-state index contributed by atoms with van der Waals surface area (Å²) in [4.78, 5) is 85.4. The summed E-state index contributed by atoms with van der Waals surface area (Å²) in [7, 11) is 0. The van der Waals surface area contributed by atoms with E-state index in [0.717, 1.165) is 50.7 Å². The molecule has 0 heterocycles. The highest BCUT2D eigenvalue weighted by molar-refractivity contribution is 5.97. The van der Waals surface area contributed by atoms with Crippen LogP contribution in [0.3, 0.4) is 0 Å². The summed E-state index contributed by atoms with van der Waals surface area (Å²) in [6.07, 6.45) is 39.0. The second kappa shape index (κ2) is 47.8. The van der Waals surface area contributed by atoms with Gasteiger partial charge in [0.2, 0.25) is 17.7 Å². The summed E-state index contributed by atoms with van der Waals surface area (Å²) in [5, 5.41) is 18.3. The first kappa shape index (κ1) is 64.4. The molecule has 64 heavy (non-hydrogen) atoms. The maximum atomic E-state index is 11.7. The predicted molar refractivity (Wildman–Crippen MR) is 256 cm³/mol. The van der Waals surface area contributed by atoms with E-state index in [0.29, 0.717) is 52.1 Å². The van der Waals surface area contributed by atoms with Gasteiger partial charge in [-0.2, -0.15) is 0 Å². The Morgan fingerprint density at radius 3 is 1.22 bits per heavy atom. The van der Waals surface area contributed by atoms with E-state index in [1.54, 1.807) is 0 Å². The molecule has 0 saturated heterocycles. The third kappa shape index (κ3) is 67.5. The minimum atomic E-state index is -1.10. The van der Waals surface area contributed by atoms with Crippen LogP contribution in [0.1, 0.15) is 99.8 Å². The van der Waals surface area contributed by atoms with Crippen LogP contribution < -0.4 is 32.7 Å². The number of amides is 4. The quantitative estimate of drug-likeness (QED) is 0.0296. The molecule has 16 heteroatoms. The maximum absolute atomic E-state index is 11.7. The summed E-state index contributed by atoms with van der Waals surface area (Å²) in [5.74, 6) is -2.36. The van der Waals surface area contributed by atoms with Gasteiger partial charge >= 0.3 is 12.1 Å². The van der Waals surface area contributed by atoms with Crippen LogP contribution in [0, 0.1) is 0 Å². The van der Waals surface area contributed by atoms with E-state index < -0.39 is 17.7 Å². The van der Waals surface area contributed by atoms with Crippen LogP contribution in [0.2, 0.25) is 0 Å². The highest BCUT2D eigenvalue weighted by atomic mass is 16.6. The average molecular weight is 897 g/mol. The number of hydrogen-bond acceptors (Lipinski definition) is 11. The van der Waals surface area contributed by atoms with Crippen LogP contribution >= 0.6 is 0 Å². The predicted octanol–water partition coefficient (Wildman–Crippen LogP) is 5.73. The number of aliphatic carboxylic acids is 1. The number of nitrogens with two attached hydrogens (primary N) is 2. The van der Waals surface area contributed by atoms with Crippen molar-refractivity contribution in [3.05, 3.63) is 109 Å². The van der Waals surface area contributed by atoms with Gasteiger partial charge in [0.25, 0.3) is 0 Å². The fourth-order valence-corrected chi connectivity index (χ4v) is 3.71. The van der Waals surface area contributed by atoms with Crippen molar-refractivity contribution in [3.63, 3.8) is 0 Å². The normalized spacial score (nSPS) is 11.5. The van der Waals surface area contributed by atoms with E-state index in [1.807, 2.05) is 26.8 Å². The minimum Gasteiger partial charge on any atom is -0.478 e. The fourth-order valence-electron chi connectivity index (χ4n) is 3.71. The zero-order valence-corrected chi connectivity index (χ0v) is 39.1. The summed E-state index contributed by atoms with van der Waals surface area (Å²) >= 11 is 0. The van der Waals surface area contributed by atoms with Crippen LogP contribution in [0.5, 0.6) is 0 Å². The number of ketones is 3. The summed E-state index contributed by atoms with van der Waals surface area (Å²) in [6.45, 7) is 14.0. The number of hydrogen-bond donors (Lipinski definition) is 7. The topological polar surface area (TPSA) is 266 Å². The van der Waals surface area contributed by atoms with Crippen molar-refractivity contribution in [2.45, 2.75) is 105 Å². The Bertz CT molecular complexity index is 1600. The Labute approximate surface area is 381 Å². The molecule has 0 aromatic carbocycles.